The summed E-state index contributed by atoms with van der Waals surface area (Å²) in [5, 5.41) is 33.9. The number of carbonyl (C=O) groups excluding carboxylic acids is 1. The quantitative estimate of drug-likeness (QED) is 0.288. The molecule has 40 heavy (non-hydrogen) atoms. The maximum absolute atomic E-state index is 14.2. The highest BCUT2D eigenvalue weighted by Gasteiger charge is 2.29. The Bertz CT molecular complexity index is 1330. The van der Waals surface area contributed by atoms with E-state index in [0.29, 0.717) is 22.5 Å². The Morgan fingerprint density at radius 3 is 2.35 bits per heavy atom. The number of carbonyl (C=O) groups is 2. The number of aliphatic hydroxyl groups excluding tert-OH is 2. The molecule has 0 aliphatic rings. The van der Waals surface area contributed by atoms with E-state index >= 15 is 0 Å². The van der Waals surface area contributed by atoms with Crippen LogP contribution in [0.2, 0.25) is 0 Å². The second-order valence-corrected chi connectivity index (χ2v) is 10.0. The number of halogens is 2. The SMILES string of the molecule is COc1c(F)cccc1CN(C)C(=O)c1nn(-c2ccc(F)cc2)c(CC[C@@H](O)C[C@@H](O)CC(=O)O)c1C(C)C. The average molecular weight is 560 g/mol. The fourth-order valence-electron chi connectivity index (χ4n) is 4.70. The van der Waals surface area contributed by atoms with Gasteiger partial charge in [0.05, 0.1) is 31.4 Å². The van der Waals surface area contributed by atoms with Gasteiger partial charge >= 0.3 is 5.97 Å². The van der Waals surface area contributed by atoms with Gasteiger partial charge in [-0.3, -0.25) is 9.59 Å². The molecule has 0 saturated carbocycles. The van der Waals surface area contributed by atoms with Gasteiger partial charge in [0.15, 0.2) is 17.3 Å². The van der Waals surface area contributed by atoms with Crippen molar-refractivity contribution < 1.29 is 38.4 Å². The Morgan fingerprint density at radius 2 is 1.75 bits per heavy atom. The molecule has 0 aliphatic heterocycles. The summed E-state index contributed by atoms with van der Waals surface area (Å²) in [4.78, 5) is 26.0. The lowest BCUT2D eigenvalue weighted by molar-refractivity contribution is -0.139. The van der Waals surface area contributed by atoms with Crippen LogP contribution in [0.25, 0.3) is 5.69 Å². The summed E-state index contributed by atoms with van der Waals surface area (Å²) in [7, 11) is 2.92. The number of hydrogen-bond donors (Lipinski definition) is 3. The number of aliphatic hydroxyl groups is 2. The van der Waals surface area contributed by atoms with E-state index in [-0.39, 0.29) is 43.2 Å². The highest BCUT2D eigenvalue weighted by molar-refractivity contribution is 5.94. The summed E-state index contributed by atoms with van der Waals surface area (Å²) in [6.45, 7) is 3.85. The molecule has 1 amide bonds. The smallest absolute Gasteiger partial charge is 0.305 e. The largest absolute Gasteiger partial charge is 0.493 e. The van der Waals surface area contributed by atoms with Gasteiger partial charge in [-0.25, -0.2) is 13.5 Å². The minimum Gasteiger partial charge on any atom is -0.493 e. The van der Waals surface area contributed by atoms with Crippen LogP contribution >= 0.6 is 0 Å². The molecular formula is C29H35F2N3O6. The van der Waals surface area contributed by atoms with E-state index in [1.807, 2.05) is 13.8 Å². The van der Waals surface area contributed by atoms with Gasteiger partial charge in [-0.05, 0) is 55.5 Å². The van der Waals surface area contributed by atoms with Crippen molar-refractivity contribution in [1.29, 1.82) is 0 Å². The van der Waals surface area contributed by atoms with Gasteiger partial charge in [0.1, 0.15) is 5.82 Å². The first-order valence-corrected chi connectivity index (χ1v) is 12.9. The van der Waals surface area contributed by atoms with E-state index < -0.39 is 42.1 Å². The normalized spacial score (nSPS) is 12.8. The molecular weight excluding hydrogens is 524 g/mol. The van der Waals surface area contributed by atoms with Crippen molar-refractivity contribution in [1.82, 2.24) is 14.7 Å². The number of benzene rings is 2. The number of nitrogens with zero attached hydrogens (tertiary/aromatic N) is 3. The fourth-order valence-corrected chi connectivity index (χ4v) is 4.70. The van der Waals surface area contributed by atoms with Crippen molar-refractivity contribution in [3.8, 4) is 11.4 Å². The molecule has 3 rings (SSSR count). The number of methoxy groups -OCH3 is 1. The van der Waals surface area contributed by atoms with Crippen LogP contribution < -0.4 is 4.74 Å². The number of para-hydroxylation sites is 1. The minimum absolute atomic E-state index is 0.0443. The number of aromatic nitrogens is 2. The summed E-state index contributed by atoms with van der Waals surface area (Å²) in [5.74, 6) is -2.70. The average Bonchev–Trinajstić information content (AvgIpc) is 3.26. The third-order valence-electron chi connectivity index (χ3n) is 6.55. The van der Waals surface area contributed by atoms with Gasteiger partial charge in [0.25, 0.3) is 5.91 Å². The predicted molar refractivity (Wildman–Crippen MR) is 144 cm³/mol. The Hall–Kier alpha value is -3.83. The zero-order chi connectivity index (χ0) is 29.6. The topological polar surface area (TPSA) is 125 Å². The Morgan fingerprint density at radius 1 is 1.07 bits per heavy atom. The van der Waals surface area contributed by atoms with Gasteiger partial charge in [0.2, 0.25) is 0 Å². The molecule has 0 saturated heterocycles. The second kappa shape index (κ2) is 13.5. The van der Waals surface area contributed by atoms with Crippen LogP contribution in [0.5, 0.6) is 5.75 Å². The highest BCUT2D eigenvalue weighted by atomic mass is 19.1. The predicted octanol–water partition coefficient (Wildman–Crippen LogP) is 4.07. The molecule has 0 unspecified atom stereocenters. The first-order valence-electron chi connectivity index (χ1n) is 12.9. The summed E-state index contributed by atoms with van der Waals surface area (Å²) in [6.07, 6.45) is -2.42. The van der Waals surface area contributed by atoms with Crippen molar-refractivity contribution in [3.63, 3.8) is 0 Å². The van der Waals surface area contributed by atoms with Crippen LogP contribution in [0, 0.1) is 11.6 Å². The van der Waals surface area contributed by atoms with Crippen LogP contribution in [-0.2, 0) is 17.8 Å². The summed E-state index contributed by atoms with van der Waals surface area (Å²) < 4.78 is 34.6. The minimum atomic E-state index is -1.20. The monoisotopic (exact) mass is 559 g/mol. The van der Waals surface area contributed by atoms with Gasteiger partial charge in [0, 0.05) is 30.4 Å². The fraction of sp³-hybridized carbons (Fsp3) is 0.414. The molecule has 1 aromatic heterocycles. The molecule has 0 bridgehead atoms. The third-order valence-corrected chi connectivity index (χ3v) is 6.55. The van der Waals surface area contributed by atoms with E-state index in [2.05, 4.69) is 5.10 Å². The molecule has 0 fully saturated rings. The lowest BCUT2D eigenvalue weighted by atomic mass is 9.95. The molecule has 216 valence electrons. The van der Waals surface area contributed by atoms with Gasteiger partial charge in [-0.15, -0.1) is 0 Å². The lowest BCUT2D eigenvalue weighted by Gasteiger charge is -2.19. The molecule has 1 heterocycles. The maximum atomic E-state index is 14.2. The van der Waals surface area contributed by atoms with Gasteiger partial charge in [-0.1, -0.05) is 26.0 Å². The third kappa shape index (κ3) is 7.42. The van der Waals surface area contributed by atoms with Crippen molar-refractivity contribution in [2.75, 3.05) is 14.2 Å². The van der Waals surface area contributed by atoms with E-state index in [9.17, 15) is 28.6 Å². The Balaban J connectivity index is 1.98. The molecule has 3 N–H and O–H groups in total. The van der Waals surface area contributed by atoms with Crippen LogP contribution in [0.1, 0.15) is 66.3 Å². The summed E-state index contributed by atoms with van der Waals surface area (Å²) in [6, 6.07) is 10.1. The zero-order valence-electron chi connectivity index (χ0n) is 23.0. The van der Waals surface area contributed by atoms with E-state index in [1.54, 1.807) is 17.8 Å². The molecule has 3 aromatic rings. The molecule has 0 aliphatic carbocycles. The molecule has 2 aromatic carbocycles. The van der Waals surface area contributed by atoms with E-state index in [4.69, 9.17) is 9.84 Å². The van der Waals surface area contributed by atoms with Gasteiger partial charge < -0.3 is 25.0 Å². The van der Waals surface area contributed by atoms with Gasteiger partial charge in [-0.2, -0.15) is 5.10 Å². The lowest BCUT2D eigenvalue weighted by Crippen LogP contribution is -2.28. The number of carboxylic acid groups (broad SMARTS) is 1. The highest BCUT2D eigenvalue weighted by Crippen LogP contribution is 2.30. The van der Waals surface area contributed by atoms with Crippen LogP contribution in [0.3, 0.4) is 0 Å². The number of ether oxygens (including phenoxy) is 1. The molecule has 9 nitrogen and oxygen atoms in total. The standard InChI is InChI=1S/C29H35F2N3O6/c1-17(2)26-24(13-12-21(35)14-22(36)15-25(37)38)34(20-10-8-19(30)9-11-20)32-27(26)29(39)33(3)16-18-6-5-7-23(31)28(18)40-4/h5-11,17,21-22,35-36H,12-16H2,1-4H3,(H,37,38)/t21-,22-/m1/s1. The van der Waals surface area contributed by atoms with Crippen molar-refractivity contribution in [3.05, 3.63) is 76.6 Å². The van der Waals surface area contributed by atoms with E-state index in [0.717, 1.165) is 0 Å². The van der Waals surface area contributed by atoms with Crippen LogP contribution in [-0.4, -0.2) is 68.2 Å². The number of rotatable bonds is 13. The molecule has 0 radical (unpaired) electrons. The number of carboxylic acids is 1. The molecule has 2 atom stereocenters. The maximum Gasteiger partial charge on any atom is 0.305 e. The number of amides is 1. The Kier molecular flexibility index (Phi) is 10.4. The number of hydrogen-bond acceptors (Lipinski definition) is 6. The second-order valence-electron chi connectivity index (χ2n) is 10.0. The first-order chi connectivity index (χ1) is 18.9. The van der Waals surface area contributed by atoms with Crippen LogP contribution in [0.15, 0.2) is 42.5 Å². The first kappa shape index (κ1) is 30.7. The van der Waals surface area contributed by atoms with Crippen molar-refractivity contribution >= 4 is 11.9 Å². The zero-order valence-corrected chi connectivity index (χ0v) is 23.0. The van der Waals surface area contributed by atoms with Crippen LogP contribution in [0.4, 0.5) is 8.78 Å². The van der Waals surface area contributed by atoms with Crippen molar-refractivity contribution in [2.24, 2.45) is 0 Å². The summed E-state index contributed by atoms with van der Waals surface area (Å²) in [5.41, 5.74) is 2.39. The molecule has 11 heteroatoms. The molecule has 0 spiro atoms. The van der Waals surface area contributed by atoms with Crippen molar-refractivity contribution in [2.45, 2.75) is 64.2 Å². The summed E-state index contributed by atoms with van der Waals surface area (Å²) >= 11 is 0. The number of aliphatic carboxylic acids is 1. The Labute approximate surface area is 231 Å². The van der Waals surface area contributed by atoms with E-state index in [1.165, 1.54) is 48.4 Å².